The van der Waals surface area contributed by atoms with Gasteiger partial charge in [0.2, 0.25) is 0 Å². The minimum Gasteiger partial charge on any atom is -0.388 e. The minimum atomic E-state index is -0.537. The van der Waals surface area contributed by atoms with Crippen LogP contribution in [0, 0.1) is 5.92 Å². The quantitative estimate of drug-likeness (QED) is 0.613. The Bertz CT molecular complexity index is 179. The van der Waals surface area contributed by atoms with Crippen LogP contribution < -0.4 is 0 Å². The highest BCUT2D eigenvalue weighted by atomic mass is 16.3. The van der Waals surface area contributed by atoms with Crippen LogP contribution >= 0.6 is 0 Å². The van der Waals surface area contributed by atoms with Crippen molar-refractivity contribution in [3.63, 3.8) is 0 Å². The molecule has 1 nitrogen and oxygen atoms in total. The maximum Gasteiger partial charge on any atom is 0.0844 e. The second-order valence-electron chi connectivity index (χ2n) is 2.90. The molecule has 0 aliphatic rings. The molecule has 0 saturated heterocycles. The molecule has 0 amide bonds. The van der Waals surface area contributed by atoms with Crippen molar-refractivity contribution in [1.82, 2.24) is 0 Å². The molecule has 0 unspecified atom stereocenters. The first-order chi connectivity index (χ1) is 5.00. The molecule has 0 aromatic heterocycles. The fraction of sp³-hybridized carbons (Fsp3) is 0.400. The van der Waals surface area contributed by atoms with Gasteiger partial charge in [-0.3, -0.25) is 0 Å². The molecular weight excluding hydrogens is 136 g/mol. The molecular formula is C10H16O. The van der Waals surface area contributed by atoms with Crippen LogP contribution in [0.3, 0.4) is 0 Å². The predicted molar refractivity (Wildman–Crippen MR) is 49.3 cm³/mol. The summed E-state index contributed by atoms with van der Waals surface area (Å²) in [5.41, 5.74) is 1.66. The van der Waals surface area contributed by atoms with Gasteiger partial charge in [0.05, 0.1) is 6.10 Å². The second-order valence-corrected chi connectivity index (χ2v) is 2.90. The van der Waals surface area contributed by atoms with Crippen molar-refractivity contribution >= 4 is 0 Å². The fourth-order valence-electron chi connectivity index (χ4n) is 0.906. The molecule has 0 heterocycles. The highest BCUT2D eigenvalue weighted by Gasteiger charge is 2.16. The zero-order valence-electron chi connectivity index (χ0n) is 7.30. The van der Waals surface area contributed by atoms with Crippen LogP contribution in [0.15, 0.2) is 37.0 Å². The molecule has 0 aliphatic carbocycles. The standard InChI is InChI=1S/C10H16O/c1-6-9(7(2)3)10(11)8(4)5/h6,9-11H,1-2,4H2,3,5H3/t9-,10+/m1/s1. The van der Waals surface area contributed by atoms with E-state index in [1.807, 2.05) is 6.92 Å². The molecule has 0 bridgehead atoms. The SMILES string of the molecule is C=C[C@H](C(=C)C)[C@@H](O)C(=C)C. The van der Waals surface area contributed by atoms with Gasteiger partial charge in [-0.15, -0.1) is 6.58 Å². The summed E-state index contributed by atoms with van der Waals surface area (Å²) in [5, 5.41) is 9.52. The number of aliphatic hydroxyl groups is 1. The molecule has 0 fully saturated rings. The second kappa shape index (κ2) is 4.14. The molecule has 1 heteroatoms. The maximum atomic E-state index is 9.52. The third-order valence-corrected chi connectivity index (χ3v) is 1.67. The van der Waals surface area contributed by atoms with E-state index in [0.29, 0.717) is 0 Å². The summed E-state index contributed by atoms with van der Waals surface area (Å²) in [6.45, 7) is 14.7. The van der Waals surface area contributed by atoms with Crippen molar-refractivity contribution in [1.29, 1.82) is 0 Å². The van der Waals surface area contributed by atoms with Crippen molar-refractivity contribution < 1.29 is 5.11 Å². The lowest BCUT2D eigenvalue weighted by atomic mass is 9.92. The Hall–Kier alpha value is -0.820. The van der Waals surface area contributed by atoms with E-state index >= 15 is 0 Å². The Kier molecular flexibility index (Phi) is 3.83. The smallest absolute Gasteiger partial charge is 0.0844 e. The van der Waals surface area contributed by atoms with Gasteiger partial charge < -0.3 is 5.11 Å². The Morgan fingerprint density at radius 3 is 1.82 bits per heavy atom. The predicted octanol–water partition coefficient (Wildman–Crippen LogP) is 2.30. The van der Waals surface area contributed by atoms with Crippen LogP contribution in [0.1, 0.15) is 13.8 Å². The summed E-state index contributed by atoms with van der Waals surface area (Å²) in [6.07, 6.45) is 1.16. The Balaban J connectivity index is 4.37. The molecule has 0 aliphatic heterocycles. The number of hydrogen-bond donors (Lipinski definition) is 1. The summed E-state index contributed by atoms with van der Waals surface area (Å²) in [5.74, 6) is -0.0625. The molecule has 11 heavy (non-hydrogen) atoms. The molecule has 0 spiro atoms. The van der Waals surface area contributed by atoms with Crippen molar-refractivity contribution in [3.05, 3.63) is 37.0 Å². The topological polar surface area (TPSA) is 20.2 Å². The highest BCUT2D eigenvalue weighted by Crippen LogP contribution is 2.18. The van der Waals surface area contributed by atoms with Gasteiger partial charge in [-0.2, -0.15) is 0 Å². The first-order valence-corrected chi connectivity index (χ1v) is 3.62. The minimum absolute atomic E-state index is 0.0625. The lowest BCUT2D eigenvalue weighted by Gasteiger charge is -2.19. The van der Waals surface area contributed by atoms with Gasteiger partial charge in [0.15, 0.2) is 0 Å². The molecule has 0 radical (unpaired) electrons. The van der Waals surface area contributed by atoms with E-state index in [1.54, 1.807) is 13.0 Å². The normalized spacial score (nSPS) is 15.2. The van der Waals surface area contributed by atoms with Crippen molar-refractivity contribution in [2.45, 2.75) is 20.0 Å². The lowest BCUT2D eigenvalue weighted by Crippen LogP contribution is -2.19. The van der Waals surface area contributed by atoms with E-state index in [0.717, 1.165) is 11.1 Å². The summed E-state index contributed by atoms with van der Waals surface area (Å²) in [6, 6.07) is 0. The molecule has 1 N–H and O–H groups in total. The van der Waals surface area contributed by atoms with Crippen LogP contribution in [0.25, 0.3) is 0 Å². The largest absolute Gasteiger partial charge is 0.388 e. The van der Waals surface area contributed by atoms with Crippen LogP contribution in [0.5, 0.6) is 0 Å². The summed E-state index contributed by atoms with van der Waals surface area (Å²) < 4.78 is 0. The number of hydrogen-bond acceptors (Lipinski definition) is 1. The van der Waals surface area contributed by atoms with Crippen LogP contribution in [0.4, 0.5) is 0 Å². The average Bonchev–Trinajstić information content (AvgIpc) is 1.88. The first kappa shape index (κ1) is 10.2. The first-order valence-electron chi connectivity index (χ1n) is 3.62. The summed E-state index contributed by atoms with van der Waals surface area (Å²) in [4.78, 5) is 0. The van der Waals surface area contributed by atoms with E-state index in [2.05, 4.69) is 19.7 Å². The van der Waals surface area contributed by atoms with Crippen molar-refractivity contribution in [2.24, 2.45) is 5.92 Å². The van der Waals surface area contributed by atoms with Crippen molar-refractivity contribution in [3.8, 4) is 0 Å². The van der Waals surface area contributed by atoms with Crippen LogP contribution in [0.2, 0.25) is 0 Å². The lowest BCUT2D eigenvalue weighted by molar-refractivity contribution is 0.181. The van der Waals surface area contributed by atoms with Crippen molar-refractivity contribution in [2.75, 3.05) is 0 Å². The highest BCUT2D eigenvalue weighted by molar-refractivity contribution is 5.15. The molecule has 0 rings (SSSR count). The molecule has 2 atom stereocenters. The Morgan fingerprint density at radius 1 is 1.27 bits per heavy atom. The van der Waals surface area contributed by atoms with E-state index in [9.17, 15) is 5.11 Å². The summed E-state index contributed by atoms with van der Waals surface area (Å²) >= 11 is 0. The molecule has 62 valence electrons. The van der Waals surface area contributed by atoms with Crippen LogP contribution in [-0.4, -0.2) is 11.2 Å². The Labute approximate surface area is 68.7 Å². The van der Waals surface area contributed by atoms with Gasteiger partial charge in [-0.25, -0.2) is 0 Å². The number of aliphatic hydroxyl groups excluding tert-OH is 1. The van der Waals surface area contributed by atoms with Gasteiger partial charge in [0.1, 0.15) is 0 Å². The van der Waals surface area contributed by atoms with E-state index in [-0.39, 0.29) is 5.92 Å². The third-order valence-electron chi connectivity index (χ3n) is 1.67. The molecule has 0 saturated carbocycles. The van der Waals surface area contributed by atoms with Gasteiger partial charge >= 0.3 is 0 Å². The fourth-order valence-corrected chi connectivity index (χ4v) is 0.906. The van der Waals surface area contributed by atoms with Gasteiger partial charge in [-0.1, -0.05) is 30.4 Å². The third kappa shape index (κ3) is 2.72. The van der Waals surface area contributed by atoms with Crippen LogP contribution in [-0.2, 0) is 0 Å². The Morgan fingerprint density at radius 2 is 1.73 bits per heavy atom. The van der Waals surface area contributed by atoms with E-state index < -0.39 is 6.10 Å². The average molecular weight is 152 g/mol. The number of rotatable bonds is 4. The molecule has 0 aromatic rings. The molecule has 0 aromatic carbocycles. The zero-order valence-corrected chi connectivity index (χ0v) is 7.30. The monoisotopic (exact) mass is 152 g/mol. The van der Waals surface area contributed by atoms with Gasteiger partial charge in [0, 0.05) is 5.92 Å². The van der Waals surface area contributed by atoms with E-state index in [4.69, 9.17) is 0 Å². The summed E-state index contributed by atoms with van der Waals surface area (Å²) in [7, 11) is 0. The van der Waals surface area contributed by atoms with Gasteiger partial charge in [-0.05, 0) is 13.8 Å². The van der Waals surface area contributed by atoms with E-state index in [1.165, 1.54) is 0 Å². The maximum absolute atomic E-state index is 9.52. The zero-order chi connectivity index (χ0) is 9.02. The van der Waals surface area contributed by atoms with Gasteiger partial charge in [0.25, 0.3) is 0 Å².